The SMILES string of the molecule is CCCCCS(=S)OCCC. The highest BCUT2D eigenvalue weighted by Gasteiger charge is 1.93. The van der Waals surface area contributed by atoms with E-state index in [4.69, 9.17) is 15.4 Å². The van der Waals surface area contributed by atoms with Crippen molar-refractivity contribution in [2.75, 3.05) is 12.4 Å². The zero-order valence-corrected chi connectivity index (χ0v) is 9.10. The van der Waals surface area contributed by atoms with Crippen LogP contribution >= 0.6 is 0 Å². The van der Waals surface area contributed by atoms with Crippen LogP contribution in [-0.2, 0) is 25.1 Å². The van der Waals surface area contributed by atoms with Crippen LogP contribution in [0.25, 0.3) is 0 Å². The van der Waals surface area contributed by atoms with Gasteiger partial charge in [0.1, 0.15) is 0 Å². The first-order valence-electron chi connectivity index (χ1n) is 4.32. The van der Waals surface area contributed by atoms with E-state index in [1.165, 1.54) is 19.3 Å². The van der Waals surface area contributed by atoms with Crippen molar-refractivity contribution >= 4 is 20.9 Å². The van der Waals surface area contributed by atoms with Gasteiger partial charge in [-0.1, -0.05) is 26.7 Å². The van der Waals surface area contributed by atoms with Crippen molar-refractivity contribution in [1.29, 1.82) is 0 Å². The molecule has 3 heteroatoms. The summed E-state index contributed by atoms with van der Waals surface area (Å²) in [6, 6.07) is 0. The van der Waals surface area contributed by atoms with Gasteiger partial charge >= 0.3 is 0 Å². The molecule has 68 valence electrons. The normalized spacial score (nSPS) is 13.3. The standard InChI is InChI=1S/C8H18OS2/c1-3-5-6-8-11(10)9-7-4-2/h3-8H2,1-2H3. The van der Waals surface area contributed by atoms with Crippen LogP contribution in [0.5, 0.6) is 0 Å². The van der Waals surface area contributed by atoms with Crippen molar-refractivity contribution in [3.05, 3.63) is 0 Å². The van der Waals surface area contributed by atoms with Crippen molar-refractivity contribution in [1.82, 2.24) is 0 Å². The van der Waals surface area contributed by atoms with E-state index in [1.807, 2.05) is 0 Å². The Labute approximate surface area is 77.3 Å². The average molecular weight is 194 g/mol. The fourth-order valence-electron chi connectivity index (χ4n) is 0.705. The Hall–Kier alpha value is 0.530. The zero-order chi connectivity index (χ0) is 8.53. The third-order valence-corrected chi connectivity index (χ3v) is 3.17. The molecule has 0 aliphatic rings. The van der Waals surface area contributed by atoms with Crippen LogP contribution in [0.3, 0.4) is 0 Å². The summed E-state index contributed by atoms with van der Waals surface area (Å²) in [5, 5.41) is 0. The molecule has 0 aromatic heterocycles. The lowest BCUT2D eigenvalue weighted by Crippen LogP contribution is -2.01. The number of hydrogen-bond donors (Lipinski definition) is 0. The minimum absolute atomic E-state index is 0.188. The summed E-state index contributed by atoms with van der Waals surface area (Å²) in [6.45, 7) is 5.14. The summed E-state index contributed by atoms with van der Waals surface area (Å²) in [5.41, 5.74) is 0. The van der Waals surface area contributed by atoms with Gasteiger partial charge < -0.3 is 4.18 Å². The molecule has 0 rings (SSSR count). The van der Waals surface area contributed by atoms with E-state index < -0.39 is 0 Å². The Bertz CT molecular complexity index is 104. The van der Waals surface area contributed by atoms with Gasteiger partial charge in [0.25, 0.3) is 0 Å². The number of hydrogen-bond acceptors (Lipinski definition) is 2. The molecule has 0 saturated carbocycles. The van der Waals surface area contributed by atoms with Crippen molar-refractivity contribution in [3.8, 4) is 0 Å². The van der Waals surface area contributed by atoms with Crippen molar-refractivity contribution in [2.45, 2.75) is 39.5 Å². The highest BCUT2D eigenvalue weighted by Crippen LogP contribution is 1.98. The molecule has 0 aliphatic carbocycles. The second-order valence-corrected chi connectivity index (χ2v) is 4.90. The van der Waals surface area contributed by atoms with E-state index in [2.05, 4.69) is 13.8 Å². The maximum absolute atomic E-state index is 5.38. The van der Waals surface area contributed by atoms with Crippen molar-refractivity contribution in [3.63, 3.8) is 0 Å². The van der Waals surface area contributed by atoms with E-state index in [-0.39, 0.29) is 9.74 Å². The molecular formula is C8H18OS2. The lowest BCUT2D eigenvalue weighted by atomic mass is 10.3. The molecule has 0 radical (unpaired) electrons. The van der Waals surface area contributed by atoms with Crippen LogP contribution in [0, 0.1) is 0 Å². The van der Waals surface area contributed by atoms with Gasteiger partial charge in [0, 0.05) is 15.5 Å². The van der Waals surface area contributed by atoms with E-state index >= 15 is 0 Å². The highest BCUT2D eigenvalue weighted by molar-refractivity contribution is 8.26. The maximum Gasteiger partial charge on any atom is 0.0614 e. The van der Waals surface area contributed by atoms with Gasteiger partial charge in [-0.15, -0.1) is 0 Å². The minimum Gasteiger partial charge on any atom is -0.312 e. The van der Waals surface area contributed by atoms with Gasteiger partial charge in [-0.05, 0) is 24.0 Å². The first-order chi connectivity index (χ1) is 5.31. The quantitative estimate of drug-likeness (QED) is 0.576. The largest absolute Gasteiger partial charge is 0.312 e. The van der Waals surface area contributed by atoms with Gasteiger partial charge in [0.2, 0.25) is 0 Å². The molecule has 0 aromatic rings. The predicted octanol–water partition coefficient (Wildman–Crippen LogP) is 2.60. The summed E-state index contributed by atoms with van der Waals surface area (Å²) in [6.07, 6.45) is 4.86. The molecule has 1 atom stereocenters. The second kappa shape index (κ2) is 8.62. The smallest absolute Gasteiger partial charge is 0.0614 e. The molecule has 11 heavy (non-hydrogen) atoms. The van der Waals surface area contributed by atoms with E-state index in [0.717, 1.165) is 18.8 Å². The monoisotopic (exact) mass is 194 g/mol. The summed E-state index contributed by atoms with van der Waals surface area (Å²) in [7, 11) is -0.188. The third-order valence-electron chi connectivity index (χ3n) is 1.33. The van der Waals surface area contributed by atoms with Crippen LogP contribution in [0.1, 0.15) is 39.5 Å². The predicted molar refractivity (Wildman–Crippen MR) is 55.4 cm³/mol. The minimum atomic E-state index is -0.188. The van der Waals surface area contributed by atoms with Gasteiger partial charge in [-0.25, -0.2) is 0 Å². The summed E-state index contributed by atoms with van der Waals surface area (Å²) in [5.74, 6) is 1.07. The van der Waals surface area contributed by atoms with E-state index in [9.17, 15) is 0 Å². The summed E-state index contributed by atoms with van der Waals surface area (Å²) < 4.78 is 5.38. The van der Waals surface area contributed by atoms with Crippen LogP contribution < -0.4 is 0 Å². The Balaban J connectivity index is 3.09. The first-order valence-corrected chi connectivity index (χ1v) is 6.57. The average Bonchev–Trinajstić information content (AvgIpc) is 2.01. The van der Waals surface area contributed by atoms with Gasteiger partial charge in [-0.2, -0.15) is 0 Å². The lowest BCUT2D eigenvalue weighted by molar-refractivity contribution is 0.368. The molecule has 0 spiro atoms. The first kappa shape index (κ1) is 11.5. The van der Waals surface area contributed by atoms with Crippen molar-refractivity contribution in [2.24, 2.45) is 0 Å². The Morgan fingerprint density at radius 3 is 2.45 bits per heavy atom. The molecule has 0 fully saturated rings. The van der Waals surface area contributed by atoms with Gasteiger partial charge in [-0.3, -0.25) is 0 Å². The van der Waals surface area contributed by atoms with Gasteiger partial charge in [0.05, 0.1) is 6.61 Å². The number of rotatable bonds is 7. The third kappa shape index (κ3) is 8.44. The van der Waals surface area contributed by atoms with Crippen LogP contribution in [-0.4, -0.2) is 12.4 Å². The van der Waals surface area contributed by atoms with Crippen LogP contribution in [0.15, 0.2) is 0 Å². The lowest BCUT2D eigenvalue weighted by Gasteiger charge is -2.03. The van der Waals surface area contributed by atoms with E-state index in [0.29, 0.717) is 0 Å². The Kier molecular flexibility index (Phi) is 9.04. The van der Waals surface area contributed by atoms with Crippen LogP contribution in [0.2, 0.25) is 0 Å². The second-order valence-electron chi connectivity index (χ2n) is 2.54. The highest BCUT2D eigenvalue weighted by atomic mass is 32.8. The number of unbranched alkanes of at least 4 members (excludes halogenated alkanes) is 2. The molecule has 0 aromatic carbocycles. The topological polar surface area (TPSA) is 9.23 Å². The molecule has 0 heterocycles. The fraction of sp³-hybridized carbons (Fsp3) is 1.00. The molecule has 1 nitrogen and oxygen atoms in total. The molecule has 0 aliphatic heterocycles. The fourth-order valence-corrected chi connectivity index (χ4v) is 2.17. The molecule has 0 N–H and O–H groups in total. The van der Waals surface area contributed by atoms with Gasteiger partial charge in [0.15, 0.2) is 0 Å². The molecule has 1 unspecified atom stereocenters. The summed E-state index contributed by atoms with van der Waals surface area (Å²) in [4.78, 5) is 0. The van der Waals surface area contributed by atoms with Crippen LogP contribution in [0.4, 0.5) is 0 Å². The Morgan fingerprint density at radius 2 is 1.91 bits per heavy atom. The van der Waals surface area contributed by atoms with E-state index in [1.54, 1.807) is 0 Å². The molecule has 0 amide bonds. The molecule has 0 bridgehead atoms. The summed E-state index contributed by atoms with van der Waals surface area (Å²) >= 11 is 5.12. The molecular weight excluding hydrogens is 176 g/mol. The Morgan fingerprint density at radius 1 is 1.18 bits per heavy atom. The molecule has 0 saturated heterocycles. The maximum atomic E-state index is 5.38. The zero-order valence-electron chi connectivity index (χ0n) is 7.47. The van der Waals surface area contributed by atoms with Crippen molar-refractivity contribution < 1.29 is 4.18 Å².